The molecule has 0 heterocycles. The highest BCUT2D eigenvalue weighted by molar-refractivity contribution is 6.58. The number of benzene rings is 3. The number of ether oxygens (including phenoxy) is 1. The third kappa shape index (κ3) is 3.92. The van der Waals surface area contributed by atoms with Crippen molar-refractivity contribution in [1.82, 2.24) is 0 Å². The second kappa shape index (κ2) is 7.17. The van der Waals surface area contributed by atoms with Crippen LogP contribution in [0.15, 0.2) is 66.7 Å². The Labute approximate surface area is 139 Å². The number of amides is 1. The second-order valence-corrected chi connectivity index (χ2v) is 5.38. The third-order valence-corrected chi connectivity index (χ3v) is 3.62. The van der Waals surface area contributed by atoms with Crippen LogP contribution in [0.5, 0.6) is 0 Å². The van der Waals surface area contributed by atoms with Gasteiger partial charge in [-0.15, -0.1) is 0 Å². The summed E-state index contributed by atoms with van der Waals surface area (Å²) in [5.74, 6) is 0. The van der Waals surface area contributed by atoms with E-state index in [1.165, 1.54) is 0 Å². The van der Waals surface area contributed by atoms with Crippen molar-refractivity contribution >= 4 is 35.1 Å². The van der Waals surface area contributed by atoms with Gasteiger partial charge in [0.2, 0.25) is 0 Å². The lowest BCUT2D eigenvalue weighted by molar-refractivity contribution is 0.155. The molecule has 0 radical (unpaired) electrons. The van der Waals surface area contributed by atoms with Gasteiger partial charge >= 0.3 is 13.2 Å². The maximum Gasteiger partial charge on any atom is 0.488 e. The molecule has 0 bridgehead atoms. The number of carbonyl (C=O) groups is 1. The van der Waals surface area contributed by atoms with Crippen molar-refractivity contribution in [3.63, 3.8) is 0 Å². The molecule has 0 aliphatic heterocycles. The van der Waals surface area contributed by atoms with E-state index in [-0.39, 0.29) is 6.61 Å². The normalized spacial score (nSPS) is 10.4. The van der Waals surface area contributed by atoms with E-state index in [9.17, 15) is 14.8 Å². The molecule has 3 rings (SSSR count). The molecule has 3 aromatic carbocycles. The first-order chi connectivity index (χ1) is 11.6. The van der Waals surface area contributed by atoms with E-state index in [1.807, 2.05) is 36.4 Å². The van der Waals surface area contributed by atoms with Crippen LogP contribution >= 0.6 is 0 Å². The summed E-state index contributed by atoms with van der Waals surface area (Å²) in [6, 6.07) is 19.9. The quantitative estimate of drug-likeness (QED) is 0.644. The Kier molecular flexibility index (Phi) is 4.79. The molecule has 6 heteroatoms. The summed E-state index contributed by atoms with van der Waals surface area (Å²) >= 11 is 0. The summed E-state index contributed by atoms with van der Waals surface area (Å²) in [6.45, 7) is 0.196. The van der Waals surface area contributed by atoms with E-state index in [2.05, 4.69) is 5.32 Å². The summed E-state index contributed by atoms with van der Waals surface area (Å²) in [5.41, 5.74) is 1.88. The zero-order chi connectivity index (χ0) is 16.9. The minimum Gasteiger partial charge on any atom is -0.444 e. The smallest absolute Gasteiger partial charge is 0.444 e. The first-order valence-corrected chi connectivity index (χ1v) is 7.49. The Hall–Kier alpha value is -2.83. The molecule has 0 aliphatic rings. The van der Waals surface area contributed by atoms with Gasteiger partial charge in [-0.05, 0) is 33.9 Å². The van der Waals surface area contributed by atoms with Crippen molar-refractivity contribution < 1.29 is 19.6 Å². The average molecular weight is 321 g/mol. The second-order valence-electron chi connectivity index (χ2n) is 5.38. The Balaban J connectivity index is 1.69. The summed E-state index contributed by atoms with van der Waals surface area (Å²) in [5, 5.41) is 22.9. The van der Waals surface area contributed by atoms with E-state index in [0.717, 1.165) is 16.3 Å². The maximum atomic E-state index is 11.9. The SMILES string of the molecule is O=C(Nc1ccc2ccc(B(O)O)cc2c1)OCc1ccccc1. The molecule has 0 aromatic heterocycles. The average Bonchev–Trinajstić information content (AvgIpc) is 2.60. The van der Waals surface area contributed by atoms with Crippen LogP contribution in [0.2, 0.25) is 0 Å². The van der Waals surface area contributed by atoms with Crippen LogP contribution in [-0.2, 0) is 11.3 Å². The van der Waals surface area contributed by atoms with Gasteiger partial charge < -0.3 is 14.8 Å². The zero-order valence-electron chi connectivity index (χ0n) is 12.8. The van der Waals surface area contributed by atoms with Gasteiger partial charge in [-0.1, -0.05) is 54.6 Å². The Morgan fingerprint density at radius 3 is 2.46 bits per heavy atom. The van der Waals surface area contributed by atoms with Crippen molar-refractivity contribution in [1.29, 1.82) is 0 Å². The highest BCUT2D eigenvalue weighted by atomic mass is 16.5. The van der Waals surface area contributed by atoms with Crippen molar-refractivity contribution in [3.8, 4) is 0 Å². The number of fused-ring (bicyclic) bond motifs is 1. The molecule has 0 atom stereocenters. The minimum absolute atomic E-state index is 0.196. The number of hydrogen-bond acceptors (Lipinski definition) is 4. The summed E-state index contributed by atoms with van der Waals surface area (Å²) in [7, 11) is -1.53. The molecule has 1 amide bonds. The van der Waals surface area contributed by atoms with E-state index >= 15 is 0 Å². The van der Waals surface area contributed by atoms with Gasteiger partial charge in [0.05, 0.1) is 0 Å². The molecule has 0 aliphatic carbocycles. The minimum atomic E-state index is -1.53. The zero-order valence-corrected chi connectivity index (χ0v) is 12.8. The summed E-state index contributed by atoms with van der Waals surface area (Å²) in [4.78, 5) is 11.9. The van der Waals surface area contributed by atoms with Crippen molar-refractivity contribution in [2.24, 2.45) is 0 Å². The van der Waals surface area contributed by atoms with Gasteiger partial charge in [0.15, 0.2) is 0 Å². The monoisotopic (exact) mass is 321 g/mol. The topological polar surface area (TPSA) is 78.8 Å². The molecule has 0 spiro atoms. The Bertz CT molecular complexity index is 852. The Morgan fingerprint density at radius 1 is 0.958 bits per heavy atom. The molecule has 3 aromatic rings. The fourth-order valence-electron chi connectivity index (χ4n) is 2.38. The number of carbonyl (C=O) groups excluding carboxylic acids is 1. The van der Waals surface area contributed by atoms with Gasteiger partial charge in [-0.25, -0.2) is 4.79 Å². The highest BCUT2D eigenvalue weighted by Gasteiger charge is 2.11. The molecule has 5 nitrogen and oxygen atoms in total. The van der Waals surface area contributed by atoms with Crippen LogP contribution < -0.4 is 10.8 Å². The van der Waals surface area contributed by atoms with Crippen molar-refractivity contribution in [2.75, 3.05) is 5.32 Å². The van der Waals surface area contributed by atoms with Gasteiger partial charge in [-0.3, -0.25) is 5.32 Å². The van der Waals surface area contributed by atoms with Gasteiger partial charge in [0.25, 0.3) is 0 Å². The lowest BCUT2D eigenvalue weighted by Gasteiger charge is -2.09. The largest absolute Gasteiger partial charge is 0.488 e. The molecule has 0 fully saturated rings. The molecule has 0 unspecified atom stereocenters. The fraction of sp³-hybridized carbons (Fsp3) is 0.0556. The van der Waals surface area contributed by atoms with E-state index < -0.39 is 13.2 Å². The Morgan fingerprint density at radius 2 is 1.71 bits per heavy atom. The molecular weight excluding hydrogens is 305 g/mol. The van der Waals surface area contributed by atoms with Crippen LogP contribution in [0.3, 0.4) is 0 Å². The molecule has 0 saturated heterocycles. The van der Waals surface area contributed by atoms with Crippen LogP contribution in [-0.4, -0.2) is 23.3 Å². The van der Waals surface area contributed by atoms with Crippen molar-refractivity contribution in [2.45, 2.75) is 6.61 Å². The fourth-order valence-corrected chi connectivity index (χ4v) is 2.38. The standard InChI is InChI=1S/C18H16BNO4/c21-18(24-12-13-4-2-1-3-5-13)20-17-9-7-14-6-8-16(19(22)23)10-15(14)11-17/h1-11,22-23H,12H2,(H,20,21). The summed E-state index contributed by atoms with van der Waals surface area (Å²) in [6.07, 6.45) is -0.545. The third-order valence-electron chi connectivity index (χ3n) is 3.62. The number of anilines is 1. The van der Waals surface area contributed by atoms with Crippen molar-refractivity contribution in [3.05, 3.63) is 72.3 Å². The van der Waals surface area contributed by atoms with E-state index in [0.29, 0.717) is 11.2 Å². The van der Waals surface area contributed by atoms with Crippen LogP contribution in [0.1, 0.15) is 5.56 Å². The first kappa shape index (κ1) is 16.0. The van der Waals surface area contributed by atoms with Crippen LogP contribution in [0, 0.1) is 0 Å². The van der Waals surface area contributed by atoms with Gasteiger partial charge in [0, 0.05) is 5.69 Å². The predicted octanol–water partition coefficient (Wildman–Crippen LogP) is 2.27. The molecule has 3 N–H and O–H groups in total. The van der Waals surface area contributed by atoms with Crippen LogP contribution in [0.25, 0.3) is 10.8 Å². The molecule has 120 valence electrons. The summed E-state index contributed by atoms with van der Waals surface area (Å²) < 4.78 is 5.18. The number of rotatable bonds is 4. The number of nitrogens with one attached hydrogen (secondary N) is 1. The van der Waals surface area contributed by atoms with Gasteiger partial charge in [-0.2, -0.15) is 0 Å². The first-order valence-electron chi connectivity index (χ1n) is 7.49. The molecule has 0 saturated carbocycles. The lowest BCUT2D eigenvalue weighted by Crippen LogP contribution is -2.29. The molecular formula is C18H16BNO4. The number of hydrogen-bond donors (Lipinski definition) is 3. The van der Waals surface area contributed by atoms with Crippen LogP contribution in [0.4, 0.5) is 10.5 Å². The lowest BCUT2D eigenvalue weighted by atomic mass is 9.79. The maximum absolute atomic E-state index is 11.9. The van der Waals surface area contributed by atoms with E-state index in [1.54, 1.807) is 30.3 Å². The van der Waals surface area contributed by atoms with Gasteiger partial charge in [0.1, 0.15) is 6.61 Å². The highest BCUT2D eigenvalue weighted by Crippen LogP contribution is 2.18. The predicted molar refractivity (Wildman–Crippen MR) is 94.0 cm³/mol. The molecule has 24 heavy (non-hydrogen) atoms. The van der Waals surface area contributed by atoms with E-state index in [4.69, 9.17) is 4.74 Å².